The molecule has 3 atom stereocenters. The predicted octanol–water partition coefficient (Wildman–Crippen LogP) is 2.06. The number of carbonyl (C=O) groups is 1. The lowest BCUT2D eigenvalue weighted by Crippen LogP contribution is -2.57. The maximum absolute atomic E-state index is 13.7. The third kappa shape index (κ3) is 12.5. The van der Waals surface area contributed by atoms with Gasteiger partial charge in [0.25, 0.3) is 0 Å². The molecule has 0 aromatic carbocycles. The monoisotopic (exact) mass is 584 g/mol. The van der Waals surface area contributed by atoms with E-state index in [0.29, 0.717) is 29.0 Å². The summed E-state index contributed by atoms with van der Waals surface area (Å²) in [5, 5.41) is 4.10. The lowest BCUT2D eigenvalue weighted by Gasteiger charge is -2.49. The van der Waals surface area contributed by atoms with Gasteiger partial charge >= 0.3 is 0 Å². The van der Waals surface area contributed by atoms with Crippen molar-refractivity contribution >= 4 is 17.5 Å². The second-order valence-electron chi connectivity index (χ2n) is 12.6. The highest BCUT2D eigenvalue weighted by atomic mass is 35.5. The van der Waals surface area contributed by atoms with Crippen molar-refractivity contribution in [3.8, 4) is 0 Å². The van der Waals surface area contributed by atoms with E-state index in [2.05, 4.69) is 42.8 Å². The topological polar surface area (TPSA) is 188 Å². The van der Waals surface area contributed by atoms with Crippen LogP contribution in [0.15, 0.2) is 0 Å². The molecular formula is C29H65ClN4O5. The van der Waals surface area contributed by atoms with Crippen LogP contribution in [0.3, 0.4) is 0 Å². The molecule has 1 amide bonds. The number of amides is 1. The fourth-order valence-electron chi connectivity index (χ4n) is 7.02. The first-order valence-electron chi connectivity index (χ1n) is 14.3. The second kappa shape index (κ2) is 20.4. The molecule has 0 aromatic rings. The number of halogens is 1. The Morgan fingerprint density at radius 3 is 2.21 bits per heavy atom. The summed E-state index contributed by atoms with van der Waals surface area (Å²) in [4.78, 5) is 18.5. The quantitative estimate of drug-likeness (QED) is 0.294. The molecular weight excluding hydrogens is 520 g/mol. The molecule has 1 aliphatic carbocycles. The van der Waals surface area contributed by atoms with E-state index < -0.39 is 0 Å². The van der Waals surface area contributed by atoms with Gasteiger partial charge in [-0.15, -0.1) is 11.6 Å². The van der Waals surface area contributed by atoms with Gasteiger partial charge in [-0.05, 0) is 113 Å². The minimum Gasteiger partial charge on any atom is -0.412 e. The molecule has 3 aliphatic rings. The number of nitrogens with zero attached hydrogens (tertiary/aromatic N) is 2. The number of unbranched alkanes of at least 4 members (excludes halogenated alkanes) is 1. The molecule has 238 valence electrons. The largest absolute Gasteiger partial charge is 0.412 e. The van der Waals surface area contributed by atoms with Gasteiger partial charge < -0.3 is 42.8 Å². The average molecular weight is 585 g/mol. The molecule has 2 heterocycles. The third-order valence-corrected chi connectivity index (χ3v) is 9.42. The predicted molar refractivity (Wildman–Crippen MR) is 165 cm³/mol. The molecule has 39 heavy (non-hydrogen) atoms. The number of likely N-dealkylation sites (tertiary alicyclic amines) is 2. The van der Waals surface area contributed by atoms with Crippen LogP contribution >= 0.6 is 11.6 Å². The van der Waals surface area contributed by atoms with Crippen LogP contribution in [-0.4, -0.2) is 94.8 Å². The summed E-state index contributed by atoms with van der Waals surface area (Å²) in [6, 6.07) is -0.0772. The summed E-state index contributed by atoms with van der Waals surface area (Å²) < 4.78 is 0. The van der Waals surface area contributed by atoms with E-state index in [-0.39, 0.29) is 40.8 Å². The second-order valence-corrected chi connectivity index (χ2v) is 13.2. The van der Waals surface area contributed by atoms with E-state index in [0.717, 1.165) is 70.9 Å². The summed E-state index contributed by atoms with van der Waals surface area (Å²) in [7, 11) is 0. The van der Waals surface area contributed by atoms with E-state index >= 15 is 0 Å². The van der Waals surface area contributed by atoms with Crippen LogP contribution in [0.2, 0.25) is 0 Å². The van der Waals surface area contributed by atoms with Crippen molar-refractivity contribution < 1.29 is 26.7 Å². The van der Waals surface area contributed by atoms with Crippen LogP contribution < -0.4 is 11.1 Å². The number of hydrogen-bond acceptors (Lipinski definition) is 4. The first kappa shape index (κ1) is 42.9. The minimum atomic E-state index is -0.0772. The Bertz CT molecular complexity index is 635. The van der Waals surface area contributed by atoms with Crippen molar-refractivity contribution in [2.45, 2.75) is 104 Å². The van der Waals surface area contributed by atoms with Gasteiger partial charge in [0.1, 0.15) is 0 Å². The van der Waals surface area contributed by atoms with E-state index in [1.807, 2.05) is 0 Å². The van der Waals surface area contributed by atoms with Crippen molar-refractivity contribution in [3.63, 3.8) is 0 Å². The van der Waals surface area contributed by atoms with Gasteiger partial charge in [-0.1, -0.05) is 35.1 Å². The Labute approximate surface area is 244 Å². The molecule has 2 saturated heterocycles. The molecule has 1 unspecified atom stereocenters. The summed E-state index contributed by atoms with van der Waals surface area (Å²) in [6.45, 7) is 16.2. The Balaban J connectivity index is -0.00000259. The van der Waals surface area contributed by atoms with Crippen LogP contribution in [0, 0.1) is 29.1 Å². The number of nitrogens with one attached hydrogen (secondary N) is 1. The van der Waals surface area contributed by atoms with Crippen molar-refractivity contribution in [3.05, 3.63) is 0 Å². The molecule has 0 bridgehead atoms. The molecule has 0 aromatic heterocycles. The maximum Gasteiger partial charge on any atom is 0.239 e. The maximum atomic E-state index is 13.7. The first-order chi connectivity index (χ1) is 16.2. The SMILES string of the molecule is C.CC(C)[C@@H](NC[C@@H]1CCCN(CCCCN)C1)C(=O)N1CCC(C2CCC(Cl)CC2)C(C)(C)C1.O.O.O.O. The van der Waals surface area contributed by atoms with Gasteiger partial charge in [0.2, 0.25) is 5.91 Å². The summed E-state index contributed by atoms with van der Waals surface area (Å²) in [5.41, 5.74) is 5.84. The zero-order valence-corrected chi connectivity index (χ0v) is 25.3. The Kier molecular flexibility index (Phi) is 22.4. The van der Waals surface area contributed by atoms with E-state index in [1.54, 1.807) is 0 Å². The highest BCUT2D eigenvalue weighted by Crippen LogP contribution is 2.45. The van der Waals surface area contributed by atoms with E-state index in [9.17, 15) is 4.79 Å². The lowest BCUT2D eigenvalue weighted by molar-refractivity contribution is -0.140. The zero-order valence-electron chi connectivity index (χ0n) is 24.5. The fraction of sp³-hybridized carbons (Fsp3) is 0.966. The number of nitrogens with two attached hydrogens (primary N) is 1. The molecule has 2 aliphatic heterocycles. The van der Waals surface area contributed by atoms with Crippen LogP contribution in [0.4, 0.5) is 0 Å². The number of hydrogen-bond donors (Lipinski definition) is 2. The number of carbonyl (C=O) groups excluding carboxylic acids is 1. The van der Waals surface area contributed by atoms with Gasteiger partial charge in [-0.25, -0.2) is 0 Å². The Hall–Kier alpha value is -0.520. The number of rotatable bonds is 10. The van der Waals surface area contributed by atoms with Gasteiger partial charge in [-0.3, -0.25) is 4.79 Å². The highest BCUT2D eigenvalue weighted by molar-refractivity contribution is 6.20. The standard InChI is InChI=1S/C28H53ClN4O.CH4.4H2O/c1-21(2)26(31-18-22-8-7-16-32(19-22)15-6-5-14-30)27(34)33-17-13-25(28(3,4)20-33)23-9-11-24(29)12-10-23;;;;;/h21-26,31H,5-20,30H2,1-4H3;1H4;4*1H2/t22-,23?,24?,25?,26+;;;;;/m0...../s1. The first-order valence-corrected chi connectivity index (χ1v) is 14.7. The highest BCUT2D eigenvalue weighted by Gasteiger charge is 2.43. The number of alkyl halides is 1. The molecule has 1 saturated carbocycles. The third-order valence-electron chi connectivity index (χ3n) is 8.98. The van der Waals surface area contributed by atoms with E-state index in [1.165, 1.54) is 38.6 Å². The number of piperidine rings is 2. The molecule has 0 radical (unpaired) electrons. The summed E-state index contributed by atoms with van der Waals surface area (Å²) >= 11 is 6.38. The molecule has 11 N–H and O–H groups in total. The van der Waals surface area contributed by atoms with Crippen molar-refractivity contribution in [1.82, 2.24) is 15.1 Å². The molecule has 3 rings (SSSR count). The molecule has 10 heteroatoms. The fourth-order valence-corrected chi connectivity index (χ4v) is 7.27. The van der Waals surface area contributed by atoms with Crippen LogP contribution in [0.1, 0.15) is 92.9 Å². The normalized spacial score (nSPS) is 27.5. The van der Waals surface area contributed by atoms with Gasteiger partial charge in [0.05, 0.1) is 6.04 Å². The van der Waals surface area contributed by atoms with Crippen molar-refractivity contribution in [1.29, 1.82) is 0 Å². The van der Waals surface area contributed by atoms with Gasteiger partial charge in [0, 0.05) is 25.0 Å². The van der Waals surface area contributed by atoms with Crippen LogP contribution in [0.25, 0.3) is 0 Å². The lowest BCUT2D eigenvalue weighted by atomic mass is 9.64. The Morgan fingerprint density at radius 2 is 1.64 bits per heavy atom. The van der Waals surface area contributed by atoms with Gasteiger partial charge in [-0.2, -0.15) is 0 Å². The summed E-state index contributed by atoms with van der Waals surface area (Å²) in [5.74, 6) is 2.75. The van der Waals surface area contributed by atoms with Crippen LogP contribution in [0.5, 0.6) is 0 Å². The average Bonchev–Trinajstić information content (AvgIpc) is 2.79. The Morgan fingerprint density at radius 1 is 1.00 bits per heavy atom. The van der Waals surface area contributed by atoms with Gasteiger partial charge in [0.15, 0.2) is 0 Å². The molecule has 0 spiro atoms. The van der Waals surface area contributed by atoms with Crippen LogP contribution in [-0.2, 0) is 4.79 Å². The van der Waals surface area contributed by atoms with E-state index in [4.69, 9.17) is 17.3 Å². The zero-order chi connectivity index (χ0) is 24.7. The minimum absolute atomic E-state index is 0. The summed E-state index contributed by atoms with van der Waals surface area (Å²) in [6.07, 6.45) is 10.8. The molecule has 3 fully saturated rings. The van der Waals surface area contributed by atoms with Crippen molar-refractivity contribution in [2.75, 3.05) is 45.8 Å². The molecule has 9 nitrogen and oxygen atoms in total. The van der Waals surface area contributed by atoms with Crippen molar-refractivity contribution in [2.24, 2.45) is 34.8 Å². The smallest absolute Gasteiger partial charge is 0.239 e.